The number of carboxylic acid groups (broad SMARTS) is 1. The van der Waals surface area contributed by atoms with Gasteiger partial charge in [-0.25, -0.2) is 19.2 Å². The summed E-state index contributed by atoms with van der Waals surface area (Å²) in [6.45, 7) is 0.824. The summed E-state index contributed by atoms with van der Waals surface area (Å²) in [4.78, 5) is 62.1. The Kier molecular flexibility index (Phi) is 14.4. The highest BCUT2D eigenvalue weighted by Gasteiger charge is 2.44. The summed E-state index contributed by atoms with van der Waals surface area (Å²) in [5.41, 5.74) is 5.16. The fraction of sp³-hybridized carbons (Fsp3) is 0.607. The standard InChI is InChI=1S/C28H43N5O8/c1-40-25(37)28(15-7-8-16-28)33-23(34)21(31-26(38)32-22(24(35)36)14-5-9-17-29)13-6-10-18-30-27(39)41-19-20-11-3-2-4-12-20/h2-4,11-12,21-22H,5-10,13-19,29H2,1H3,(H,30,39)(H,33,34)(H,35,36)(H2,31,32,38)/t21?,22-/m0/s1. The molecule has 1 aliphatic rings. The number of alkyl carbamates (subject to hydrolysis) is 1. The molecule has 13 nitrogen and oxygen atoms in total. The van der Waals surface area contributed by atoms with E-state index < -0.39 is 47.6 Å². The maximum atomic E-state index is 13.3. The minimum absolute atomic E-state index is 0.138. The van der Waals surface area contributed by atoms with Gasteiger partial charge in [-0.15, -0.1) is 0 Å². The third-order valence-electron chi connectivity index (χ3n) is 6.97. The first-order valence-electron chi connectivity index (χ1n) is 14.1. The van der Waals surface area contributed by atoms with Crippen LogP contribution in [0.15, 0.2) is 30.3 Å². The fourth-order valence-corrected chi connectivity index (χ4v) is 4.69. The molecule has 0 aromatic heterocycles. The number of rotatable bonds is 17. The van der Waals surface area contributed by atoms with Gasteiger partial charge in [0.2, 0.25) is 5.91 Å². The number of hydrogen-bond acceptors (Lipinski definition) is 8. The number of unbranched alkanes of at least 4 members (excludes halogenated alkanes) is 2. The maximum Gasteiger partial charge on any atom is 0.407 e. The summed E-state index contributed by atoms with van der Waals surface area (Å²) >= 11 is 0. The number of hydrogen-bond donors (Lipinski definition) is 6. The zero-order valence-electron chi connectivity index (χ0n) is 23.6. The molecule has 0 bridgehead atoms. The van der Waals surface area contributed by atoms with Crippen molar-refractivity contribution in [1.82, 2.24) is 21.3 Å². The van der Waals surface area contributed by atoms with Crippen molar-refractivity contribution in [2.24, 2.45) is 5.73 Å². The highest BCUT2D eigenvalue weighted by atomic mass is 16.5. The van der Waals surface area contributed by atoms with Gasteiger partial charge in [-0.3, -0.25) is 4.79 Å². The molecule has 1 fully saturated rings. The van der Waals surface area contributed by atoms with Crippen LogP contribution in [0.5, 0.6) is 0 Å². The number of amides is 4. The number of carbonyl (C=O) groups excluding carboxylic acids is 4. The molecule has 2 rings (SSSR count). The van der Waals surface area contributed by atoms with Crippen LogP contribution < -0.4 is 27.0 Å². The monoisotopic (exact) mass is 577 g/mol. The van der Waals surface area contributed by atoms with E-state index in [0.717, 1.165) is 18.4 Å². The van der Waals surface area contributed by atoms with E-state index in [0.29, 0.717) is 45.1 Å². The summed E-state index contributed by atoms with van der Waals surface area (Å²) in [7, 11) is 1.26. The average Bonchev–Trinajstić information content (AvgIpc) is 3.44. The molecule has 1 aromatic rings. The minimum atomic E-state index is -1.20. The van der Waals surface area contributed by atoms with E-state index in [9.17, 15) is 29.1 Å². The van der Waals surface area contributed by atoms with Crippen molar-refractivity contribution in [3.63, 3.8) is 0 Å². The number of nitrogens with one attached hydrogen (secondary N) is 4. The van der Waals surface area contributed by atoms with Crippen LogP contribution in [0.1, 0.15) is 69.8 Å². The van der Waals surface area contributed by atoms with Crippen molar-refractivity contribution < 1.29 is 38.6 Å². The van der Waals surface area contributed by atoms with Gasteiger partial charge in [-0.2, -0.15) is 0 Å². The van der Waals surface area contributed by atoms with E-state index >= 15 is 0 Å². The van der Waals surface area contributed by atoms with E-state index in [1.54, 1.807) is 0 Å². The SMILES string of the molecule is COC(=O)C1(NC(=O)C(CCCCNC(=O)OCc2ccccc2)NC(=O)N[C@@H](CCCCN)C(=O)O)CCCC1. The summed E-state index contributed by atoms with van der Waals surface area (Å²) < 4.78 is 10.1. The third-order valence-corrected chi connectivity index (χ3v) is 6.97. The quantitative estimate of drug-likeness (QED) is 0.118. The number of carbonyl (C=O) groups is 5. The molecule has 0 saturated heterocycles. The second-order valence-electron chi connectivity index (χ2n) is 10.1. The van der Waals surface area contributed by atoms with E-state index in [1.165, 1.54) is 7.11 Å². The topological polar surface area (TPSA) is 198 Å². The molecular weight excluding hydrogens is 534 g/mol. The van der Waals surface area contributed by atoms with Gasteiger partial charge in [0.15, 0.2) is 0 Å². The molecular formula is C28H43N5O8. The Labute approximate surface area is 240 Å². The molecule has 7 N–H and O–H groups in total. The lowest BCUT2D eigenvalue weighted by Crippen LogP contribution is -2.59. The smallest absolute Gasteiger partial charge is 0.407 e. The van der Waals surface area contributed by atoms with Gasteiger partial charge in [-0.05, 0) is 63.5 Å². The number of methoxy groups -OCH3 is 1. The van der Waals surface area contributed by atoms with Crippen LogP contribution in [-0.2, 0) is 30.5 Å². The summed E-state index contributed by atoms with van der Waals surface area (Å²) in [6.07, 6.45) is 4.15. The Morgan fingerprint density at radius 2 is 1.59 bits per heavy atom. The molecule has 4 amide bonds. The Balaban J connectivity index is 1.94. The van der Waals surface area contributed by atoms with E-state index in [1.807, 2.05) is 30.3 Å². The second-order valence-corrected chi connectivity index (χ2v) is 10.1. The van der Waals surface area contributed by atoms with Crippen molar-refractivity contribution in [2.75, 3.05) is 20.2 Å². The number of carboxylic acids is 1. The number of ether oxygens (including phenoxy) is 2. The molecule has 1 unspecified atom stereocenters. The van der Waals surface area contributed by atoms with E-state index in [4.69, 9.17) is 15.2 Å². The number of aliphatic carboxylic acids is 1. The fourth-order valence-electron chi connectivity index (χ4n) is 4.69. The number of esters is 1. The summed E-state index contributed by atoms with van der Waals surface area (Å²) in [5, 5.41) is 19.9. The predicted molar refractivity (Wildman–Crippen MR) is 150 cm³/mol. The molecule has 13 heteroatoms. The molecule has 2 atom stereocenters. The van der Waals surface area contributed by atoms with Crippen molar-refractivity contribution in [3.05, 3.63) is 35.9 Å². The van der Waals surface area contributed by atoms with Crippen LogP contribution in [0.25, 0.3) is 0 Å². The van der Waals surface area contributed by atoms with Gasteiger partial charge < -0.3 is 41.6 Å². The lowest BCUT2D eigenvalue weighted by atomic mass is 9.96. The van der Waals surface area contributed by atoms with Crippen LogP contribution in [0.2, 0.25) is 0 Å². The van der Waals surface area contributed by atoms with Crippen molar-refractivity contribution in [1.29, 1.82) is 0 Å². The highest BCUT2D eigenvalue weighted by Crippen LogP contribution is 2.31. The van der Waals surface area contributed by atoms with Gasteiger partial charge >= 0.3 is 24.1 Å². The van der Waals surface area contributed by atoms with Gasteiger partial charge in [0, 0.05) is 6.54 Å². The zero-order chi connectivity index (χ0) is 30.1. The molecule has 1 aliphatic carbocycles. The van der Waals surface area contributed by atoms with Crippen LogP contribution in [0, 0.1) is 0 Å². The lowest BCUT2D eigenvalue weighted by molar-refractivity contribution is -0.151. The average molecular weight is 578 g/mol. The van der Waals surface area contributed by atoms with Crippen molar-refractivity contribution in [2.45, 2.75) is 88.4 Å². The second kappa shape index (κ2) is 17.7. The molecule has 0 heterocycles. The maximum absolute atomic E-state index is 13.3. The zero-order valence-corrected chi connectivity index (χ0v) is 23.6. The number of urea groups is 1. The van der Waals surface area contributed by atoms with Gasteiger partial charge in [0.05, 0.1) is 7.11 Å². The number of benzene rings is 1. The Morgan fingerprint density at radius 1 is 0.951 bits per heavy atom. The molecule has 41 heavy (non-hydrogen) atoms. The third kappa shape index (κ3) is 11.6. The first-order chi connectivity index (χ1) is 19.7. The van der Waals surface area contributed by atoms with Crippen molar-refractivity contribution >= 4 is 30.0 Å². The van der Waals surface area contributed by atoms with Crippen LogP contribution in [0.3, 0.4) is 0 Å². The van der Waals surface area contributed by atoms with Gasteiger partial charge in [0.1, 0.15) is 24.2 Å². The summed E-state index contributed by atoms with van der Waals surface area (Å²) in [5.74, 6) is -2.31. The first kappa shape index (κ1) is 33.3. The predicted octanol–water partition coefficient (Wildman–Crippen LogP) is 1.94. The van der Waals surface area contributed by atoms with Crippen LogP contribution in [0.4, 0.5) is 9.59 Å². The number of nitrogens with two attached hydrogens (primary N) is 1. The van der Waals surface area contributed by atoms with Crippen LogP contribution >= 0.6 is 0 Å². The lowest BCUT2D eigenvalue weighted by Gasteiger charge is -2.30. The Morgan fingerprint density at radius 3 is 2.22 bits per heavy atom. The highest BCUT2D eigenvalue weighted by molar-refractivity contribution is 5.93. The molecule has 0 spiro atoms. The first-order valence-corrected chi connectivity index (χ1v) is 14.1. The minimum Gasteiger partial charge on any atom is -0.480 e. The molecule has 0 radical (unpaired) electrons. The van der Waals surface area contributed by atoms with E-state index in [-0.39, 0.29) is 26.0 Å². The van der Waals surface area contributed by atoms with Crippen molar-refractivity contribution in [3.8, 4) is 0 Å². The van der Waals surface area contributed by atoms with Crippen LogP contribution in [-0.4, -0.2) is 72.9 Å². The molecule has 0 aliphatic heterocycles. The molecule has 228 valence electrons. The van der Waals surface area contributed by atoms with E-state index in [2.05, 4.69) is 21.3 Å². The Hall–Kier alpha value is -3.87. The largest absolute Gasteiger partial charge is 0.480 e. The normalized spacial score (nSPS) is 15.2. The molecule has 1 aromatic carbocycles. The Bertz CT molecular complexity index is 1000. The van der Waals surface area contributed by atoms with Gasteiger partial charge in [0.25, 0.3) is 0 Å². The van der Waals surface area contributed by atoms with Gasteiger partial charge in [-0.1, -0.05) is 43.2 Å². The molecule has 1 saturated carbocycles. The summed E-state index contributed by atoms with van der Waals surface area (Å²) in [6, 6.07) is 6.24.